The Hall–Kier alpha value is -0.0400. The van der Waals surface area contributed by atoms with E-state index in [4.69, 9.17) is 4.74 Å². The second-order valence-electron chi connectivity index (χ2n) is 4.64. The number of ether oxygens (including phenoxy) is 1. The van der Waals surface area contributed by atoms with E-state index in [1.807, 2.05) is 0 Å². The molecule has 0 bridgehead atoms. The van der Waals surface area contributed by atoms with Gasteiger partial charge in [-0.05, 0) is 25.7 Å². The third-order valence-electron chi connectivity index (χ3n) is 3.02. The third kappa shape index (κ3) is 6.19. The van der Waals surface area contributed by atoms with Crippen LogP contribution >= 0.6 is 0 Å². The van der Waals surface area contributed by atoms with E-state index in [1.54, 1.807) is 0 Å². The zero-order chi connectivity index (χ0) is 11.6. The SMILES string of the molecule is CCCCOC(CCC)(CCC)CCC. The molecule has 0 aliphatic carbocycles. The predicted octanol–water partition coefficient (Wildman–Crippen LogP) is 4.94. The summed E-state index contributed by atoms with van der Waals surface area (Å²) in [6.45, 7) is 9.98. The number of hydrogen-bond donors (Lipinski definition) is 0. The summed E-state index contributed by atoms with van der Waals surface area (Å²) in [7, 11) is 0. The highest BCUT2D eigenvalue weighted by molar-refractivity contribution is 4.79. The Bertz CT molecular complexity index is 114. The van der Waals surface area contributed by atoms with E-state index in [-0.39, 0.29) is 5.60 Å². The minimum absolute atomic E-state index is 0.202. The number of rotatable bonds is 10. The Morgan fingerprint density at radius 1 is 0.733 bits per heavy atom. The van der Waals surface area contributed by atoms with Crippen molar-refractivity contribution in [3.63, 3.8) is 0 Å². The summed E-state index contributed by atoms with van der Waals surface area (Å²) in [5, 5.41) is 0. The highest BCUT2D eigenvalue weighted by atomic mass is 16.5. The molecule has 0 heterocycles. The van der Waals surface area contributed by atoms with Gasteiger partial charge in [0.2, 0.25) is 0 Å². The minimum Gasteiger partial charge on any atom is -0.375 e. The van der Waals surface area contributed by atoms with Gasteiger partial charge in [0.25, 0.3) is 0 Å². The molecule has 0 fully saturated rings. The van der Waals surface area contributed by atoms with Crippen molar-refractivity contribution >= 4 is 0 Å². The van der Waals surface area contributed by atoms with Crippen LogP contribution in [-0.2, 0) is 4.74 Å². The molecule has 0 unspecified atom stereocenters. The monoisotopic (exact) mass is 214 g/mol. The van der Waals surface area contributed by atoms with Crippen molar-refractivity contribution in [3.05, 3.63) is 0 Å². The molecule has 15 heavy (non-hydrogen) atoms. The van der Waals surface area contributed by atoms with Gasteiger partial charge in [0.15, 0.2) is 0 Å². The zero-order valence-electron chi connectivity index (χ0n) is 11.3. The summed E-state index contributed by atoms with van der Waals surface area (Å²) < 4.78 is 6.19. The number of unbranched alkanes of at least 4 members (excludes halogenated alkanes) is 1. The molecule has 0 N–H and O–H groups in total. The minimum atomic E-state index is 0.202. The van der Waals surface area contributed by atoms with Gasteiger partial charge in [-0.1, -0.05) is 53.4 Å². The fourth-order valence-corrected chi connectivity index (χ4v) is 2.39. The summed E-state index contributed by atoms with van der Waals surface area (Å²) in [5.74, 6) is 0. The third-order valence-corrected chi connectivity index (χ3v) is 3.02. The quantitative estimate of drug-likeness (QED) is 0.468. The Kier molecular flexibility index (Phi) is 9.18. The predicted molar refractivity (Wildman–Crippen MR) is 68.3 cm³/mol. The summed E-state index contributed by atoms with van der Waals surface area (Å²) >= 11 is 0. The summed E-state index contributed by atoms with van der Waals surface area (Å²) in [6, 6.07) is 0. The first-order valence-corrected chi connectivity index (χ1v) is 6.88. The lowest BCUT2D eigenvalue weighted by Gasteiger charge is -2.33. The normalized spacial score (nSPS) is 12.0. The fourth-order valence-electron chi connectivity index (χ4n) is 2.39. The first-order valence-electron chi connectivity index (χ1n) is 6.88. The Balaban J connectivity index is 4.18. The molecule has 0 aliphatic rings. The van der Waals surface area contributed by atoms with Gasteiger partial charge >= 0.3 is 0 Å². The highest BCUT2D eigenvalue weighted by Gasteiger charge is 2.27. The molecule has 0 amide bonds. The van der Waals surface area contributed by atoms with Gasteiger partial charge in [0, 0.05) is 6.61 Å². The van der Waals surface area contributed by atoms with E-state index in [2.05, 4.69) is 27.7 Å². The smallest absolute Gasteiger partial charge is 0.0682 e. The average molecular weight is 214 g/mol. The van der Waals surface area contributed by atoms with E-state index >= 15 is 0 Å². The van der Waals surface area contributed by atoms with Gasteiger partial charge in [0.1, 0.15) is 0 Å². The van der Waals surface area contributed by atoms with Gasteiger partial charge in [-0.3, -0.25) is 0 Å². The first-order chi connectivity index (χ1) is 7.24. The summed E-state index contributed by atoms with van der Waals surface area (Å²) in [6.07, 6.45) is 9.87. The molecule has 0 spiro atoms. The van der Waals surface area contributed by atoms with Crippen LogP contribution < -0.4 is 0 Å². The van der Waals surface area contributed by atoms with Crippen molar-refractivity contribution in [2.24, 2.45) is 0 Å². The van der Waals surface area contributed by atoms with Gasteiger partial charge < -0.3 is 4.74 Å². The molecule has 0 radical (unpaired) electrons. The molecule has 0 atom stereocenters. The highest BCUT2D eigenvalue weighted by Crippen LogP contribution is 2.29. The molecule has 0 aromatic rings. The largest absolute Gasteiger partial charge is 0.375 e. The van der Waals surface area contributed by atoms with Crippen LogP contribution in [0, 0.1) is 0 Å². The van der Waals surface area contributed by atoms with Crippen molar-refractivity contribution in [3.8, 4) is 0 Å². The van der Waals surface area contributed by atoms with Gasteiger partial charge in [-0.2, -0.15) is 0 Å². The summed E-state index contributed by atoms with van der Waals surface area (Å²) in [4.78, 5) is 0. The molecule has 0 aliphatic heterocycles. The molecule has 0 saturated heterocycles. The van der Waals surface area contributed by atoms with Crippen LogP contribution in [0.25, 0.3) is 0 Å². The summed E-state index contributed by atoms with van der Waals surface area (Å²) in [5.41, 5.74) is 0.202. The molecule has 0 aromatic carbocycles. The molecule has 1 nitrogen and oxygen atoms in total. The second-order valence-corrected chi connectivity index (χ2v) is 4.64. The van der Waals surface area contributed by atoms with E-state index in [1.165, 1.54) is 51.4 Å². The molecule has 0 saturated carbocycles. The molecule has 1 heteroatoms. The molecule has 0 rings (SSSR count). The molecular weight excluding hydrogens is 184 g/mol. The maximum Gasteiger partial charge on any atom is 0.0682 e. The van der Waals surface area contributed by atoms with Crippen LogP contribution in [-0.4, -0.2) is 12.2 Å². The van der Waals surface area contributed by atoms with Gasteiger partial charge in [0.05, 0.1) is 5.60 Å². The Morgan fingerprint density at radius 2 is 1.20 bits per heavy atom. The zero-order valence-corrected chi connectivity index (χ0v) is 11.3. The van der Waals surface area contributed by atoms with Crippen molar-refractivity contribution in [2.75, 3.05) is 6.61 Å². The maximum absolute atomic E-state index is 6.19. The topological polar surface area (TPSA) is 9.23 Å². The molecule has 92 valence electrons. The van der Waals surface area contributed by atoms with Crippen LogP contribution in [0.4, 0.5) is 0 Å². The van der Waals surface area contributed by atoms with Crippen molar-refractivity contribution < 1.29 is 4.74 Å². The lowest BCUT2D eigenvalue weighted by molar-refractivity contribution is -0.0659. The van der Waals surface area contributed by atoms with E-state index in [0.29, 0.717) is 0 Å². The standard InChI is InChI=1S/C14H30O/c1-5-9-13-15-14(10-6-2,11-7-3)12-8-4/h5-13H2,1-4H3. The Morgan fingerprint density at radius 3 is 1.53 bits per heavy atom. The van der Waals surface area contributed by atoms with Crippen molar-refractivity contribution in [1.29, 1.82) is 0 Å². The van der Waals surface area contributed by atoms with E-state index in [0.717, 1.165) is 6.61 Å². The van der Waals surface area contributed by atoms with Crippen LogP contribution in [0.5, 0.6) is 0 Å². The van der Waals surface area contributed by atoms with Crippen LogP contribution in [0.15, 0.2) is 0 Å². The van der Waals surface area contributed by atoms with Crippen molar-refractivity contribution in [2.45, 2.75) is 84.7 Å². The second kappa shape index (κ2) is 9.21. The first kappa shape index (κ1) is 15.0. The van der Waals surface area contributed by atoms with E-state index < -0.39 is 0 Å². The lowest BCUT2D eigenvalue weighted by Crippen LogP contribution is -2.32. The van der Waals surface area contributed by atoms with Crippen molar-refractivity contribution in [1.82, 2.24) is 0 Å². The van der Waals surface area contributed by atoms with Crippen LogP contribution in [0.3, 0.4) is 0 Å². The lowest BCUT2D eigenvalue weighted by atomic mass is 9.88. The average Bonchev–Trinajstić information content (AvgIpc) is 2.19. The van der Waals surface area contributed by atoms with Gasteiger partial charge in [-0.15, -0.1) is 0 Å². The fraction of sp³-hybridized carbons (Fsp3) is 1.00. The molecular formula is C14H30O. The maximum atomic E-state index is 6.19. The van der Waals surface area contributed by atoms with Gasteiger partial charge in [-0.25, -0.2) is 0 Å². The number of hydrogen-bond acceptors (Lipinski definition) is 1. The van der Waals surface area contributed by atoms with E-state index in [9.17, 15) is 0 Å². The van der Waals surface area contributed by atoms with Crippen LogP contribution in [0.2, 0.25) is 0 Å². The van der Waals surface area contributed by atoms with Crippen LogP contribution in [0.1, 0.15) is 79.1 Å². The molecule has 0 aromatic heterocycles. The Labute approximate surface area is 96.6 Å².